The van der Waals surface area contributed by atoms with Gasteiger partial charge in [0.2, 0.25) is 0 Å². The molecule has 35 heavy (non-hydrogen) atoms. The maximum atomic E-state index is 10.6. The third-order valence-corrected chi connectivity index (χ3v) is 5.82. The van der Waals surface area contributed by atoms with Crippen molar-refractivity contribution in [2.45, 2.75) is 87.5 Å². The van der Waals surface area contributed by atoms with E-state index in [2.05, 4.69) is 89.6 Å². The highest BCUT2D eigenvalue weighted by molar-refractivity contribution is 5.85. The fourth-order valence-corrected chi connectivity index (χ4v) is 4.32. The topological polar surface area (TPSA) is 65.2 Å². The highest BCUT2D eigenvalue weighted by Gasteiger charge is 2.16. The van der Waals surface area contributed by atoms with Crippen LogP contribution in [-0.4, -0.2) is 35.7 Å². The van der Waals surface area contributed by atoms with Crippen molar-refractivity contribution in [2.75, 3.05) is 13.1 Å². The average molecular weight is 479 g/mol. The average Bonchev–Trinajstić information content (AvgIpc) is 2.74. The van der Waals surface area contributed by atoms with Gasteiger partial charge in [0.05, 0.1) is 0 Å². The van der Waals surface area contributed by atoms with Crippen molar-refractivity contribution in [2.24, 2.45) is 20.8 Å². The van der Waals surface area contributed by atoms with E-state index in [1.54, 1.807) is 12.4 Å². The van der Waals surface area contributed by atoms with E-state index < -0.39 is 0 Å². The van der Waals surface area contributed by atoms with Gasteiger partial charge in [-0.15, -0.1) is 0 Å². The molecule has 2 N–H and O–H groups in total. The van der Waals surface area contributed by atoms with Crippen LogP contribution in [0.4, 0.5) is 0 Å². The molecule has 4 nitrogen and oxygen atoms in total. The maximum Gasteiger partial charge on any atom is 0.127 e. The zero-order chi connectivity index (χ0) is 26.2. The Hall–Kier alpha value is -2.62. The van der Waals surface area contributed by atoms with Gasteiger partial charge in [-0.1, -0.05) is 67.5 Å². The molecule has 0 unspecified atom stereocenters. The second kappa shape index (κ2) is 12.4. The Kier molecular flexibility index (Phi) is 10.1. The van der Waals surface area contributed by atoms with E-state index in [0.717, 1.165) is 54.4 Å². The quantitative estimate of drug-likeness (QED) is 0.277. The van der Waals surface area contributed by atoms with Crippen molar-refractivity contribution in [3.63, 3.8) is 0 Å². The van der Waals surface area contributed by atoms with Crippen LogP contribution in [0.3, 0.4) is 0 Å². The van der Waals surface area contributed by atoms with Gasteiger partial charge in [-0.25, -0.2) is 0 Å². The standard InChI is InChI=1S/C31H46N2O2/c1-9-24-14-22(18-30(3,4)5)16-26(28(24)34)20-32-12-11-13-33-21-27-17-23(19-31(6,7)8)15-25(10-2)29(27)35/h14-17,20-21,34-35H,9-13,18-19H2,1-8H3. The molecule has 2 aromatic rings. The molecule has 4 heteroatoms. The summed E-state index contributed by atoms with van der Waals surface area (Å²) in [5, 5.41) is 21.2. The number of phenolic OH excluding ortho intramolecular Hbond substituents is 2. The second-order valence-corrected chi connectivity index (χ2v) is 12.0. The molecule has 0 heterocycles. The maximum absolute atomic E-state index is 10.6. The Morgan fingerprint density at radius 3 is 1.34 bits per heavy atom. The zero-order valence-corrected chi connectivity index (χ0v) is 23.2. The Labute approximate surface area is 213 Å². The van der Waals surface area contributed by atoms with Gasteiger partial charge in [0.25, 0.3) is 0 Å². The molecule has 0 saturated carbocycles. The van der Waals surface area contributed by atoms with E-state index in [4.69, 9.17) is 0 Å². The molecule has 0 spiro atoms. The molecule has 0 aliphatic carbocycles. The molecule has 0 bridgehead atoms. The number of aliphatic imine (C=N–C) groups is 2. The first-order valence-corrected chi connectivity index (χ1v) is 13.0. The van der Waals surface area contributed by atoms with Crippen LogP contribution in [0, 0.1) is 10.8 Å². The van der Waals surface area contributed by atoms with E-state index in [0.29, 0.717) is 24.6 Å². The van der Waals surface area contributed by atoms with Crippen LogP contribution in [0.25, 0.3) is 0 Å². The molecule has 192 valence electrons. The van der Waals surface area contributed by atoms with E-state index in [9.17, 15) is 10.2 Å². The zero-order valence-electron chi connectivity index (χ0n) is 23.2. The van der Waals surface area contributed by atoms with Crippen molar-refractivity contribution >= 4 is 12.4 Å². The Morgan fingerprint density at radius 2 is 1.03 bits per heavy atom. The predicted molar refractivity (Wildman–Crippen MR) is 151 cm³/mol. The van der Waals surface area contributed by atoms with Crippen LogP contribution in [0.2, 0.25) is 0 Å². The summed E-state index contributed by atoms with van der Waals surface area (Å²) in [5.41, 5.74) is 6.37. The van der Waals surface area contributed by atoms with Crippen LogP contribution in [0.5, 0.6) is 11.5 Å². The number of hydrogen-bond acceptors (Lipinski definition) is 4. The fourth-order valence-electron chi connectivity index (χ4n) is 4.32. The smallest absolute Gasteiger partial charge is 0.127 e. The van der Waals surface area contributed by atoms with Crippen LogP contribution in [0.15, 0.2) is 34.3 Å². The van der Waals surface area contributed by atoms with E-state index in [1.807, 2.05) is 0 Å². The lowest BCUT2D eigenvalue weighted by molar-refractivity contribution is 0.410. The third kappa shape index (κ3) is 9.51. The molecular formula is C31H46N2O2. The Bertz CT molecular complexity index is 954. The molecule has 0 aromatic heterocycles. The first-order chi connectivity index (χ1) is 16.3. The van der Waals surface area contributed by atoms with Gasteiger partial charge >= 0.3 is 0 Å². The highest BCUT2D eigenvalue weighted by Crippen LogP contribution is 2.29. The van der Waals surface area contributed by atoms with Crippen LogP contribution >= 0.6 is 0 Å². The van der Waals surface area contributed by atoms with Crippen LogP contribution in [-0.2, 0) is 25.7 Å². The van der Waals surface area contributed by atoms with Gasteiger partial charge in [0, 0.05) is 36.6 Å². The SMILES string of the molecule is CCc1cc(CC(C)(C)C)cc(C=NCCCN=Cc2cc(CC(C)(C)C)cc(CC)c2O)c1O. The first-order valence-electron chi connectivity index (χ1n) is 13.0. The number of benzene rings is 2. The normalized spacial score (nSPS) is 12.8. The van der Waals surface area contributed by atoms with Gasteiger partial charge in [-0.2, -0.15) is 0 Å². The minimum absolute atomic E-state index is 0.187. The molecule has 0 fully saturated rings. The van der Waals surface area contributed by atoms with E-state index in [-0.39, 0.29) is 10.8 Å². The summed E-state index contributed by atoms with van der Waals surface area (Å²) >= 11 is 0. The number of nitrogens with zero attached hydrogens (tertiary/aromatic N) is 2. The minimum atomic E-state index is 0.187. The molecule has 0 aliphatic rings. The second-order valence-electron chi connectivity index (χ2n) is 12.0. The molecular weight excluding hydrogens is 432 g/mol. The summed E-state index contributed by atoms with van der Waals surface area (Å²) in [6, 6.07) is 8.34. The summed E-state index contributed by atoms with van der Waals surface area (Å²) in [6.07, 6.45) is 7.89. The fraction of sp³-hybridized carbons (Fsp3) is 0.548. The van der Waals surface area contributed by atoms with Crippen LogP contribution in [0.1, 0.15) is 95.2 Å². The van der Waals surface area contributed by atoms with Crippen molar-refractivity contribution in [1.29, 1.82) is 0 Å². The minimum Gasteiger partial charge on any atom is -0.507 e. The van der Waals surface area contributed by atoms with Gasteiger partial charge in [-0.3, -0.25) is 9.98 Å². The number of phenols is 2. The summed E-state index contributed by atoms with van der Waals surface area (Å²) in [6.45, 7) is 18.8. The molecule has 0 radical (unpaired) electrons. The lowest BCUT2D eigenvalue weighted by Crippen LogP contribution is -2.10. The monoisotopic (exact) mass is 478 g/mol. The Morgan fingerprint density at radius 1 is 0.657 bits per heavy atom. The lowest BCUT2D eigenvalue weighted by atomic mass is 9.86. The summed E-state index contributed by atoms with van der Waals surface area (Å²) < 4.78 is 0. The molecule has 0 saturated heterocycles. The van der Waals surface area contributed by atoms with Crippen molar-refractivity contribution in [3.05, 3.63) is 57.6 Å². The van der Waals surface area contributed by atoms with Gasteiger partial charge < -0.3 is 10.2 Å². The molecule has 2 rings (SSSR count). The van der Waals surface area contributed by atoms with Crippen molar-refractivity contribution in [1.82, 2.24) is 0 Å². The Balaban J connectivity index is 2.02. The first kappa shape index (κ1) is 28.6. The van der Waals surface area contributed by atoms with E-state index in [1.165, 1.54) is 11.1 Å². The summed E-state index contributed by atoms with van der Waals surface area (Å²) in [7, 11) is 0. The molecule has 0 aliphatic heterocycles. The van der Waals surface area contributed by atoms with Crippen molar-refractivity contribution < 1.29 is 10.2 Å². The number of aryl methyl sites for hydroxylation is 2. The number of aromatic hydroxyl groups is 2. The van der Waals surface area contributed by atoms with Crippen molar-refractivity contribution in [3.8, 4) is 11.5 Å². The molecule has 2 aromatic carbocycles. The summed E-state index contributed by atoms with van der Waals surface area (Å²) in [5.74, 6) is 0.675. The van der Waals surface area contributed by atoms with E-state index >= 15 is 0 Å². The number of hydrogen-bond donors (Lipinski definition) is 2. The lowest BCUT2D eigenvalue weighted by Gasteiger charge is -2.19. The predicted octanol–water partition coefficient (Wildman–Crippen LogP) is 7.33. The largest absolute Gasteiger partial charge is 0.507 e. The van der Waals surface area contributed by atoms with Gasteiger partial charge in [0.15, 0.2) is 0 Å². The summed E-state index contributed by atoms with van der Waals surface area (Å²) in [4.78, 5) is 9.10. The van der Waals surface area contributed by atoms with Crippen LogP contribution < -0.4 is 0 Å². The van der Waals surface area contributed by atoms with Gasteiger partial charge in [-0.05, 0) is 77.3 Å². The molecule has 0 atom stereocenters. The van der Waals surface area contributed by atoms with Gasteiger partial charge in [0.1, 0.15) is 11.5 Å². The third-order valence-electron chi connectivity index (χ3n) is 5.82. The molecule has 0 amide bonds. The number of rotatable bonds is 10. The highest BCUT2D eigenvalue weighted by atomic mass is 16.3.